The number of aliphatic carboxylic acids is 1. The fraction of sp³-hybridized carbons (Fsp3) is 0.111. The Morgan fingerprint density at radius 3 is 2.85 bits per heavy atom. The van der Waals surface area contributed by atoms with E-state index in [2.05, 4.69) is 12.6 Å². The average molecular weight is 193 g/mol. The number of nitrogens with zero attached hydrogens (tertiary/aromatic N) is 1. The number of hydrogen-bond donors (Lipinski definition) is 2. The molecule has 66 valence electrons. The van der Waals surface area contributed by atoms with Crippen LogP contribution in [0.4, 0.5) is 0 Å². The molecule has 0 unspecified atom stereocenters. The first kappa shape index (κ1) is 9.62. The van der Waals surface area contributed by atoms with E-state index in [0.29, 0.717) is 16.0 Å². The van der Waals surface area contributed by atoms with Gasteiger partial charge in [-0.3, -0.25) is 4.79 Å². The van der Waals surface area contributed by atoms with Crippen molar-refractivity contribution in [1.29, 1.82) is 5.26 Å². The molecule has 0 radical (unpaired) electrons. The Hall–Kier alpha value is -1.47. The largest absolute Gasteiger partial charge is 0.481 e. The molecule has 0 aliphatic carbocycles. The Morgan fingerprint density at radius 1 is 1.62 bits per heavy atom. The summed E-state index contributed by atoms with van der Waals surface area (Å²) in [6.45, 7) is 0. The average Bonchev–Trinajstić information content (AvgIpc) is 2.08. The molecule has 1 N–H and O–H groups in total. The fourth-order valence-electron chi connectivity index (χ4n) is 0.960. The number of carboxylic acid groups (broad SMARTS) is 1. The maximum absolute atomic E-state index is 10.4. The van der Waals surface area contributed by atoms with Gasteiger partial charge in [0.2, 0.25) is 0 Å². The highest BCUT2D eigenvalue weighted by Gasteiger charge is 2.05. The third-order valence-corrected chi connectivity index (χ3v) is 1.99. The van der Waals surface area contributed by atoms with Crippen molar-refractivity contribution in [3.63, 3.8) is 0 Å². The monoisotopic (exact) mass is 193 g/mol. The summed E-state index contributed by atoms with van der Waals surface area (Å²) >= 11 is 4.09. The van der Waals surface area contributed by atoms with Crippen molar-refractivity contribution in [1.82, 2.24) is 0 Å². The van der Waals surface area contributed by atoms with Gasteiger partial charge in [0, 0.05) is 4.90 Å². The highest BCUT2D eigenvalue weighted by molar-refractivity contribution is 7.80. The number of rotatable bonds is 2. The van der Waals surface area contributed by atoms with E-state index in [1.54, 1.807) is 12.1 Å². The van der Waals surface area contributed by atoms with Gasteiger partial charge in [-0.25, -0.2) is 0 Å². The van der Waals surface area contributed by atoms with Gasteiger partial charge in [-0.2, -0.15) is 5.26 Å². The van der Waals surface area contributed by atoms with Crippen molar-refractivity contribution in [2.45, 2.75) is 11.3 Å². The predicted molar refractivity (Wildman–Crippen MR) is 49.7 cm³/mol. The van der Waals surface area contributed by atoms with Crippen LogP contribution in [0.2, 0.25) is 0 Å². The summed E-state index contributed by atoms with van der Waals surface area (Å²) in [6, 6.07) is 6.71. The van der Waals surface area contributed by atoms with E-state index in [1.165, 1.54) is 6.07 Å². The van der Waals surface area contributed by atoms with Gasteiger partial charge >= 0.3 is 5.97 Å². The molecule has 1 aromatic carbocycles. The number of nitriles is 1. The van der Waals surface area contributed by atoms with Crippen molar-refractivity contribution in [2.75, 3.05) is 0 Å². The Bertz CT molecular complexity index is 382. The SMILES string of the molecule is N#Cc1ccc(S)c(CC(=O)O)c1. The number of thiol groups is 1. The number of carbonyl (C=O) groups is 1. The quantitative estimate of drug-likeness (QED) is 0.699. The molecule has 0 spiro atoms. The van der Waals surface area contributed by atoms with Crippen LogP contribution in [-0.2, 0) is 11.2 Å². The molecular weight excluding hydrogens is 186 g/mol. The summed E-state index contributed by atoms with van der Waals surface area (Å²) in [5, 5.41) is 17.1. The maximum atomic E-state index is 10.4. The molecular formula is C9H7NO2S. The second-order valence-electron chi connectivity index (χ2n) is 2.53. The van der Waals surface area contributed by atoms with Crippen molar-refractivity contribution in [3.8, 4) is 6.07 Å². The van der Waals surface area contributed by atoms with E-state index in [-0.39, 0.29) is 6.42 Å². The van der Waals surface area contributed by atoms with Crippen LogP contribution in [0.5, 0.6) is 0 Å². The fourth-order valence-corrected chi connectivity index (χ4v) is 1.18. The third-order valence-electron chi connectivity index (χ3n) is 1.55. The lowest BCUT2D eigenvalue weighted by Crippen LogP contribution is -2.01. The van der Waals surface area contributed by atoms with Gasteiger partial charge in [-0.1, -0.05) is 0 Å². The van der Waals surface area contributed by atoms with Gasteiger partial charge < -0.3 is 5.11 Å². The highest BCUT2D eigenvalue weighted by Crippen LogP contribution is 2.15. The van der Waals surface area contributed by atoms with Crippen LogP contribution in [0.15, 0.2) is 23.1 Å². The van der Waals surface area contributed by atoms with Gasteiger partial charge in [-0.05, 0) is 23.8 Å². The van der Waals surface area contributed by atoms with Crippen LogP contribution < -0.4 is 0 Å². The van der Waals surface area contributed by atoms with Crippen molar-refractivity contribution in [2.24, 2.45) is 0 Å². The van der Waals surface area contributed by atoms with Crippen molar-refractivity contribution in [3.05, 3.63) is 29.3 Å². The summed E-state index contributed by atoms with van der Waals surface area (Å²) in [4.78, 5) is 11.0. The molecule has 0 aliphatic rings. The van der Waals surface area contributed by atoms with E-state index in [4.69, 9.17) is 10.4 Å². The summed E-state index contributed by atoms with van der Waals surface area (Å²) in [5.41, 5.74) is 1.02. The molecule has 0 heterocycles. The van der Waals surface area contributed by atoms with Crippen LogP contribution in [0.1, 0.15) is 11.1 Å². The summed E-state index contributed by atoms with van der Waals surface area (Å²) in [5.74, 6) is -0.926. The first-order chi connectivity index (χ1) is 6.13. The number of carboxylic acids is 1. The zero-order valence-corrected chi connectivity index (χ0v) is 7.58. The molecule has 13 heavy (non-hydrogen) atoms. The molecule has 0 aliphatic heterocycles. The smallest absolute Gasteiger partial charge is 0.307 e. The van der Waals surface area contributed by atoms with Gasteiger partial charge in [0.15, 0.2) is 0 Å². The summed E-state index contributed by atoms with van der Waals surface area (Å²) < 4.78 is 0. The standard InChI is InChI=1S/C9H7NO2S/c10-5-6-1-2-8(13)7(3-6)4-9(11)12/h1-3,13H,4H2,(H,11,12). The van der Waals surface area contributed by atoms with Crippen LogP contribution in [0.3, 0.4) is 0 Å². The Balaban J connectivity index is 3.05. The molecule has 0 saturated carbocycles. The molecule has 0 saturated heterocycles. The Kier molecular flexibility index (Phi) is 2.93. The molecule has 0 atom stereocenters. The number of hydrogen-bond acceptors (Lipinski definition) is 3. The Morgan fingerprint density at radius 2 is 2.31 bits per heavy atom. The van der Waals surface area contributed by atoms with Crippen LogP contribution in [-0.4, -0.2) is 11.1 Å². The highest BCUT2D eigenvalue weighted by atomic mass is 32.1. The van der Waals surface area contributed by atoms with Gasteiger partial charge in [-0.15, -0.1) is 12.6 Å². The van der Waals surface area contributed by atoms with Crippen LogP contribution in [0, 0.1) is 11.3 Å². The lowest BCUT2D eigenvalue weighted by molar-refractivity contribution is -0.136. The molecule has 1 rings (SSSR count). The molecule has 0 fully saturated rings. The minimum atomic E-state index is -0.926. The van der Waals surface area contributed by atoms with E-state index in [9.17, 15) is 4.79 Å². The molecule has 4 heteroatoms. The number of benzene rings is 1. The summed E-state index contributed by atoms with van der Waals surface area (Å²) in [6.07, 6.45) is -0.103. The lowest BCUT2D eigenvalue weighted by Gasteiger charge is -2.01. The first-order valence-corrected chi connectivity index (χ1v) is 4.02. The first-order valence-electron chi connectivity index (χ1n) is 3.57. The van der Waals surface area contributed by atoms with E-state index < -0.39 is 5.97 Å². The predicted octanol–water partition coefficient (Wildman–Crippen LogP) is 1.47. The van der Waals surface area contributed by atoms with E-state index in [1.807, 2.05) is 6.07 Å². The maximum Gasteiger partial charge on any atom is 0.307 e. The zero-order chi connectivity index (χ0) is 9.84. The minimum Gasteiger partial charge on any atom is -0.481 e. The molecule has 0 aromatic heterocycles. The normalized spacial score (nSPS) is 9.23. The van der Waals surface area contributed by atoms with Crippen molar-refractivity contribution >= 4 is 18.6 Å². The van der Waals surface area contributed by atoms with Crippen molar-refractivity contribution < 1.29 is 9.90 Å². The van der Waals surface area contributed by atoms with Gasteiger partial charge in [0.05, 0.1) is 18.1 Å². The summed E-state index contributed by atoms with van der Waals surface area (Å²) in [7, 11) is 0. The minimum absolute atomic E-state index is 0.103. The third kappa shape index (κ3) is 2.49. The second kappa shape index (κ2) is 3.97. The Labute approximate surface area is 81.0 Å². The molecule has 3 nitrogen and oxygen atoms in total. The van der Waals surface area contributed by atoms with Gasteiger partial charge in [0.25, 0.3) is 0 Å². The lowest BCUT2D eigenvalue weighted by atomic mass is 10.1. The van der Waals surface area contributed by atoms with Crippen LogP contribution in [0.25, 0.3) is 0 Å². The second-order valence-corrected chi connectivity index (χ2v) is 3.01. The van der Waals surface area contributed by atoms with Crippen LogP contribution >= 0.6 is 12.6 Å². The van der Waals surface area contributed by atoms with E-state index in [0.717, 1.165) is 0 Å². The topological polar surface area (TPSA) is 61.1 Å². The van der Waals surface area contributed by atoms with Gasteiger partial charge in [0.1, 0.15) is 0 Å². The molecule has 0 amide bonds. The molecule has 0 bridgehead atoms. The van der Waals surface area contributed by atoms with E-state index >= 15 is 0 Å². The zero-order valence-electron chi connectivity index (χ0n) is 6.69. The molecule has 1 aromatic rings.